The lowest BCUT2D eigenvalue weighted by molar-refractivity contribution is -0.113. The van der Waals surface area contributed by atoms with Crippen molar-refractivity contribution >= 4 is 39.9 Å². The van der Waals surface area contributed by atoms with Gasteiger partial charge in [-0.1, -0.05) is 78.1 Å². The van der Waals surface area contributed by atoms with Gasteiger partial charge < -0.3 is 14.6 Å². The first-order valence-electron chi connectivity index (χ1n) is 15.0. The van der Waals surface area contributed by atoms with Crippen LogP contribution in [-0.4, -0.2) is 22.2 Å². The van der Waals surface area contributed by atoms with E-state index in [-0.39, 0.29) is 11.5 Å². The number of benzene rings is 4. The monoisotopic (exact) mass is 635 g/mol. The van der Waals surface area contributed by atoms with Crippen molar-refractivity contribution in [3.63, 3.8) is 0 Å². The Bertz CT molecular complexity index is 2430. The summed E-state index contributed by atoms with van der Waals surface area (Å²) < 4.78 is 9.72. The van der Waals surface area contributed by atoms with Crippen molar-refractivity contribution < 1.29 is 9.53 Å². The number of nitriles is 1. The van der Waals surface area contributed by atoms with Crippen LogP contribution in [0, 0.1) is 11.3 Å². The fraction of sp³-hybridized carbons (Fsp3) is 0.105. The molecule has 7 rings (SSSR count). The quantitative estimate of drug-likeness (QED) is 0.241. The van der Waals surface area contributed by atoms with Crippen molar-refractivity contribution in [1.29, 1.82) is 5.26 Å². The summed E-state index contributed by atoms with van der Waals surface area (Å²) in [6.07, 6.45) is 3.91. The standard InChI is InChI=1S/C38H29N5O3S/c1-24-34(36(44)41-29-14-4-3-5-15-29)35(25-13-10-16-30(19-25)46-2)43-37(45)33(47-38(43)40-24)20-28-23-42(32-18-9-8-17-31(28)32)22-27-12-7-6-11-26(27)21-39/h3-20,23,35H,22H2,1-2H3,(H,41,44)/b33-20-. The molecule has 4 aromatic carbocycles. The molecule has 0 aliphatic carbocycles. The van der Waals surface area contributed by atoms with Gasteiger partial charge in [-0.15, -0.1) is 0 Å². The smallest absolute Gasteiger partial charge is 0.271 e. The summed E-state index contributed by atoms with van der Waals surface area (Å²) in [5.41, 5.74) is 5.45. The van der Waals surface area contributed by atoms with Gasteiger partial charge in [-0.25, -0.2) is 4.99 Å². The molecule has 8 nitrogen and oxygen atoms in total. The van der Waals surface area contributed by atoms with Crippen LogP contribution in [0.2, 0.25) is 0 Å². The number of methoxy groups -OCH3 is 1. The van der Waals surface area contributed by atoms with Gasteiger partial charge in [0.05, 0.1) is 40.6 Å². The summed E-state index contributed by atoms with van der Waals surface area (Å²) in [5.74, 6) is 0.285. The molecule has 0 fully saturated rings. The number of hydrogen-bond acceptors (Lipinski definition) is 6. The number of thiazole rings is 1. The number of nitrogens with zero attached hydrogens (tertiary/aromatic N) is 4. The summed E-state index contributed by atoms with van der Waals surface area (Å²) in [6, 6.07) is 33.8. The van der Waals surface area contributed by atoms with E-state index in [1.165, 1.54) is 11.3 Å². The Balaban J connectivity index is 1.37. The minimum absolute atomic E-state index is 0.245. The van der Waals surface area contributed by atoms with Crippen LogP contribution in [0.1, 0.15) is 35.2 Å². The van der Waals surface area contributed by atoms with Crippen LogP contribution in [0.4, 0.5) is 5.69 Å². The Morgan fingerprint density at radius 2 is 1.79 bits per heavy atom. The van der Waals surface area contributed by atoms with Crippen molar-refractivity contribution in [2.24, 2.45) is 4.99 Å². The van der Waals surface area contributed by atoms with E-state index in [1.54, 1.807) is 18.6 Å². The summed E-state index contributed by atoms with van der Waals surface area (Å²) in [4.78, 5) is 33.5. The van der Waals surface area contributed by atoms with E-state index in [0.29, 0.717) is 44.1 Å². The molecule has 0 bridgehead atoms. The van der Waals surface area contributed by atoms with E-state index >= 15 is 0 Å². The molecule has 0 spiro atoms. The summed E-state index contributed by atoms with van der Waals surface area (Å²) in [7, 11) is 1.59. The lowest BCUT2D eigenvalue weighted by Gasteiger charge is -2.25. The van der Waals surface area contributed by atoms with Gasteiger partial charge in [-0.3, -0.25) is 14.2 Å². The normalized spacial score (nSPS) is 14.4. The number of allylic oxidation sites excluding steroid dienone is 1. The summed E-state index contributed by atoms with van der Waals surface area (Å²) >= 11 is 1.29. The molecule has 1 unspecified atom stereocenters. The first-order chi connectivity index (χ1) is 22.9. The summed E-state index contributed by atoms with van der Waals surface area (Å²) in [5, 5.41) is 13.6. The van der Waals surface area contributed by atoms with Gasteiger partial charge in [0.25, 0.3) is 11.5 Å². The van der Waals surface area contributed by atoms with Gasteiger partial charge in [0.15, 0.2) is 4.80 Å². The largest absolute Gasteiger partial charge is 0.497 e. The predicted molar refractivity (Wildman–Crippen MR) is 184 cm³/mol. The maximum atomic E-state index is 14.4. The molecular formula is C38H29N5O3S. The van der Waals surface area contributed by atoms with Crippen LogP contribution in [-0.2, 0) is 11.3 Å². The molecule has 1 N–H and O–H groups in total. The highest BCUT2D eigenvalue weighted by atomic mass is 32.1. The van der Waals surface area contributed by atoms with Crippen molar-refractivity contribution in [3.05, 3.63) is 163 Å². The third-order valence-corrected chi connectivity index (χ3v) is 9.27. The Labute approximate surface area is 274 Å². The molecule has 1 atom stereocenters. The van der Waals surface area contributed by atoms with Crippen LogP contribution in [0.25, 0.3) is 17.0 Å². The third-order valence-electron chi connectivity index (χ3n) is 8.29. The van der Waals surface area contributed by atoms with Crippen molar-refractivity contribution in [2.75, 3.05) is 12.4 Å². The lowest BCUT2D eigenvalue weighted by atomic mass is 9.95. The zero-order valence-corrected chi connectivity index (χ0v) is 26.5. The lowest BCUT2D eigenvalue weighted by Crippen LogP contribution is -2.40. The van der Waals surface area contributed by atoms with Gasteiger partial charge in [0.2, 0.25) is 0 Å². The molecule has 0 saturated carbocycles. The maximum absolute atomic E-state index is 14.4. The van der Waals surface area contributed by atoms with Gasteiger partial charge in [-0.05, 0) is 60.5 Å². The van der Waals surface area contributed by atoms with E-state index in [4.69, 9.17) is 9.73 Å². The highest BCUT2D eigenvalue weighted by Gasteiger charge is 2.33. The zero-order valence-electron chi connectivity index (χ0n) is 25.7. The van der Waals surface area contributed by atoms with Crippen LogP contribution < -0.4 is 24.9 Å². The van der Waals surface area contributed by atoms with Crippen LogP contribution in [0.5, 0.6) is 5.75 Å². The fourth-order valence-corrected chi connectivity index (χ4v) is 7.11. The minimum atomic E-state index is -0.726. The maximum Gasteiger partial charge on any atom is 0.271 e. The molecule has 1 aliphatic heterocycles. The predicted octanol–water partition coefficient (Wildman–Crippen LogP) is 5.76. The number of ether oxygens (including phenoxy) is 1. The van der Waals surface area contributed by atoms with Crippen molar-refractivity contribution in [2.45, 2.75) is 19.5 Å². The second kappa shape index (κ2) is 12.4. The summed E-state index contributed by atoms with van der Waals surface area (Å²) in [6.45, 7) is 2.31. The van der Waals surface area contributed by atoms with E-state index in [9.17, 15) is 14.9 Å². The van der Waals surface area contributed by atoms with Gasteiger partial charge in [-0.2, -0.15) is 5.26 Å². The molecule has 6 aromatic rings. The topological polar surface area (TPSA) is 101 Å². The minimum Gasteiger partial charge on any atom is -0.497 e. The molecule has 2 aromatic heterocycles. The number of amides is 1. The van der Waals surface area contributed by atoms with Crippen LogP contribution in [0.3, 0.4) is 0 Å². The highest BCUT2D eigenvalue weighted by Crippen LogP contribution is 2.32. The third kappa shape index (κ3) is 5.56. The molecule has 47 heavy (non-hydrogen) atoms. The second-order valence-corrected chi connectivity index (χ2v) is 12.2. The molecule has 1 amide bonds. The first kappa shape index (κ1) is 29.7. The zero-order chi connectivity index (χ0) is 32.5. The number of rotatable bonds is 7. The van der Waals surface area contributed by atoms with Crippen molar-refractivity contribution in [3.8, 4) is 11.8 Å². The Kier molecular flexibility index (Phi) is 7.86. The molecule has 0 radical (unpaired) electrons. The number of anilines is 1. The number of fused-ring (bicyclic) bond motifs is 2. The molecule has 3 heterocycles. The second-order valence-electron chi connectivity index (χ2n) is 11.2. The fourth-order valence-electron chi connectivity index (χ4n) is 6.07. The Morgan fingerprint density at radius 1 is 1.02 bits per heavy atom. The van der Waals surface area contributed by atoms with Crippen LogP contribution in [0.15, 0.2) is 130 Å². The number of nitrogens with one attached hydrogen (secondary N) is 1. The number of hydrogen-bond donors (Lipinski definition) is 1. The van der Waals surface area contributed by atoms with Crippen LogP contribution >= 0.6 is 11.3 Å². The Morgan fingerprint density at radius 3 is 2.60 bits per heavy atom. The van der Waals surface area contributed by atoms with Gasteiger partial charge in [0, 0.05) is 34.9 Å². The van der Waals surface area contributed by atoms with E-state index < -0.39 is 6.04 Å². The Hall–Kier alpha value is -5.98. The average Bonchev–Trinajstić information content (AvgIpc) is 3.60. The van der Waals surface area contributed by atoms with E-state index in [2.05, 4.69) is 16.0 Å². The number of carbonyl (C=O) groups is 1. The molecule has 0 saturated heterocycles. The van der Waals surface area contributed by atoms with E-state index in [0.717, 1.165) is 27.6 Å². The van der Waals surface area contributed by atoms with Crippen molar-refractivity contribution in [1.82, 2.24) is 9.13 Å². The number of aromatic nitrogens is 2. The van der Waals surface area contributed by atoms with Gasteiger partial charge in [0.1, 0.15) is 5.75 Å². The molecule has 9 heteroatoms. The number of carbonyl (C=O) groups excluding carboxylic acids is 1. The SMILES string of the molecule is COc1cccc(C2C(C(=O)Nc3ccccc3)=C(C)N=c3s/c(=C\c4cn(Cc5ccccc5C#N)c5ccccc45)c(=O)n32)c1. The van der Waals surface area contributed by atoms with E-state index in [1.807, 2.05) is 115 Å². The number of para-hydroxylation sites is 2. The molecule has 230 valence electrons. The highest BCUT2D eigenvalue weighted by molar-refractivity contribution is 7.07. The van der Waals surface area contributed by atoms with Gasteiger partial charge >= 0.3 is 0 Å². The average molecular weight is 636 g/mol. The molecular weight excluding hydrogens is 607 g/mol. The first-order valence-corrected chi connectivity index (χ1v) is 15.9. The molecule has 1 aliphatic rings.